The maximum absolute atomic E-state index is 13.0. The van der Waals surface area contributed by atoms with Crippen molar-refractivity contribution in [2.45, 2.75) is 37.8 Å². The molecule has 1 saturated heterocycles. The maximum Gasteiger partial charge on any atom is 0.234 e. The summed E-state index contributed by atoms with van der Waals surface area (Å²) in [5.74, 6) is -0.256. The molecule has 0 unspecified atom stereocenters. The highest BCUT2D eigenvalue weighted by atomic mass is 16.2. The zero-order chi connectivity index (χ0) is 23.2. The Bertz CT molecular complexity index is 1100. The molecule has 172 valence electrons. The molecule has 1 aliphatic rings. The smallest absolute Gasteiger partial charge is 0.234 e. The highest BCUT2D eigenvalue weighted by Crippen LogP contribution is 2.28. The number of hydrogen-bond acceptors (Lipinski definition) is 5. The van der Waals surface area contributed by atoms with Gasteiger partial charge in [0.15, 0.2) is 0 Å². The lowest BCUT2D eigenvalue weighted by Gasteiger charge is -2.31. The number of nitrogens with one attached hydrogen (secondary N) is 1. The van der Waals surface area contributed by atoms with Gasteiger partial charge in [-0.05, 0) is 49.4 Å². The summed E-state index contributed by atoms with van der Waals surface area (Å²) < 4.78 is 0. The van der Waals surface area contributed by atoms with Crippen molar-refractivity contribution in [2.75, 3.05) is 18.4 Å². The topological polar surface area (TPSA) is 114 Å². The van der Waals surface area contributed by atoms with Gasteiger partial charge in [-0.3, -0.25) is 19.5 Å². The van der Waals surface area contributed by atoms with E-state index in [1.807, 2.05) is 48.5 Å². The van der Waals surface area contributed by atoms with E-state index in [-0.39, 0.29) is 30.2 Å². The standard InChI is InChI=1S/C26H31N5O2/c27-15-19-12-24(26(28)33)31(17-19)22(11-10-18-6-2-1-3-7-18)14-25(32)30-21-13-20-8-4-5-9-23(20)29-16-21/h1-9,13,16,19,22,24H,10-12,14-15,17,27H2,(H2,28,33)(H,30,32)/t19-,22-,24-/m1/s1. The number of benzene rings is 2. The average Bonchev–Trinajstić information content (AvgIpc) is 3.27. The Kier molecular flexibility index (Phi) is 7.32. The number of amides is 2. The zero-order valence-corrected chi connectivity index (χ0v) is 18.7. The summed E-state index contributed by atoms with van der Waals surface area (Å²) in [6.45, 7) is 1.18. The lowest BCUT2D eigenvalue weighted by atomic mass is 10.00. The first-order valence-electron chi connectivity index (χ1n) is 11.5. The minimum absolute atomic E-state index is 0.107. The van der Waals surface area contributed by atoms with Crippen molar-refractivity contribution in [1.29, 1.82) is 0 Å². The molecular formula is C26H31N5O2. The lowest BCUT2D eigenvalue weighted by molar-refractivity contribution is -0.124. The molecule has 1 fully saturated rings. The number of para-hydroxylation sites is 1. The molecule has 2 amide bonds. The summed E-state index contributed by atoms with van der Waals surface area (Å²) in [6, 6.07) is 19.4. The van der Waals surface area contributed by atoms with Crippen LogP contribution in [0.5, 0.6) is 0 Å². The van der Waals surface area contributed by atoms with E-state index in [0.29, 0.717) is 25.2 Å². The molecule has 33 heavy (non-hydrogen) atoms. The number of aromatic nitrogens is 1. The van der Waals surface area contributed by atoms with E-state index in [9.17, 15) is 9.59 Å². The average molecular weight is 446 g/mol. The normalized spacial score (nSPS) is 19.4. The third-order valence-corrected chi connectivity index (χ3v) is 6.46. The maximum atomic E-state index is 13.0. The van der Waals surface area contributed by atoms with Gasteiger partial charge >= 0.3 is 0 Å². The number of likely N-dealkylation sites (tertiary alicyclic amines) is 1. The van der Waals surface area contributed by atoms with Crippen molar-refractivity contribution in [3.05, 3.63) is 72.4 Å². The Morgan fingerprint density at radius 2 is 1.88 bits per heavy atom. The fraction of sp³-hybridized carbons (Fsp3) is 0.346. The van der Waals surface area contributed by atoms with Gasteiger partial charge in [-0.1, -0.05) is 48.5 Å². The number of pyridine rings is 1. The number of primary amides is 1. The second-order valence-corrected chi connectivity index (χ2v) is 8.80. The summed E-state index contributed by atoms with van der Waals surface area (Å²) >= 11 is 0. The molecule has 2 heterocycles. The number of fused-ring (bicyclic) bond motifs is 1. The molecular weight excluding hydrogens is 414 g/mol. The summed E-state index contributed by atoms with van der Waals surface area (Å²) in [6.07, 6.45) is 4.14. The predicted octanol–water partition coefficient (Wildman–Crippen LogP) is 2.70. The second-order valence-electron chi connectivity index (χ2n) is 8.80. The molecule has 0 spiro atoms. The minimum atomic E-state index is -0.394. The van der Waals surface area contributed by atoms with Crippen LogP contribution >= 0.6 is 0 Å². The van der Waals surface area contributed by atoms with Gasteiger partial charge in [0.05, 0.1) is 23.4 Å². The van der Waals surface area contributed by atoms with Crippen LogP contribution in [0, 0.1) is 5.92 Å². The van der Waals surface area contributed by atoms with Crippen LogP contribution in [0.2, 0.25) is 0 Å². The van der Waals surface area contributed by atoms with Gasteiger partial charge in [0.25, 0.3) is 0 Å². The van der Waals surface area contributed by atoms with Crippen molar-refractivity contribution in [1.82, 2.24) is 9.88 Å². The van der Waals surface area contributed by atoms with Crippen LogP contribution < -0.4 is 16.8 Å². The van der Waals surface area contributed by atoms with Crippen LogP contribution in [0.3, 0.4) is 0 Å². The van der Waals surface area contributed by atoms with E-state index < -0.39 is 6.04 Å². The SMILES string of the molecule is NC[C@H]1C[C@H](C(N)=O)N([C@H](CCc2ccccc2)CC(=O)Nc2cnc3ccccc3c2)C1. The van der Waals surface area contributed by atoms with E-state index in [1.54, 1.807) is 6.20 Å². The summed E-state index contributed by atoms with van der Waals surface area (Å²) in [5.41, 5.74) is 14.4. The highest BCUT2D eigenvalue weighted by Gasteiger charge is 2.39. The second kappa shape index (κ2) is 10.6. The van der Waals surface area contributed by atoms with Crippen molar-refractivity contribution in [3.63, 3.8) is 0 Å². The first kappa shape index (κ1) is 22.9. The monoisotopic (exact) mass is 445 g/mol. The fourth-order valence-corrected chi connectivity index (χ4v) is 4.73. The van der Waals surface area contributed by atoms with Crippen LogP contribution in [0.15, 0.2) is 66.9 Å². The van der Waals surface area contributed by atoms with Crippen molar-refractivity contribution in [3.8, 4) is 0 Å². The Balaban J connectivity index is 1.50. The zero-order valence-electron chi connectivity index (χ0n) is 18.7. The number of carbonyl (C=O) groups is 2. The number of nitrogens with two attached hydrogens (primary N) is 2. The molecule has 4 rings (SSSR count). The number of rotatable bonds is 9. The minimum Gasteiger partial charge on any atom is -0.368 e. The molecule has 5 N–H and O–H groups in total. The molecule has 0 bridgehead atoms. The predicted molar refractivity (Wildman–Crippen MR) is 130 cm³/mol. The molecule has 2 aromatic carbocycles. The Morgan fingerprint density at radius 3 is 2.64 bits per heavy atom. The van der Waals surface area contributed by atoms with Crippen LogP contribution in [-0.4, -0.2) is 46.9 Å². The van der Waals surface area contributed by atoms with Crippen molar-refractivity contribution >= 4 is 28.4 Å². The van der Waals surface area contributed by atoms with Gasteiger partial charge in [0.2, 0.25) is 11.8 Å². The third kappa shape index (κ3) is 5.74. The van der Waals surface area contributed by atoms with E-state index in [0.717, 1.165) is 23.7 Å². The molecule has 0 saturated carbocycles. The number of anilines is 1. The van der Waals surface area contributed by atoms with Crippen LogP contribution in [0.4, 0.5) is 5.69 Å². The van der Waals surface area contributed by atoms with Crippen LogP contribution in [-0.2, 0) is 16.0 Å². The lowest BCUT2D eigenvalue weighted by Crippen LogP contribution is -2.47. The van der Waals surface area contributed by atoms with Gasteiger partial charge < -0.3 is 16.8 Å². The Morgan fingerprint density at radius 1 is 1.12 bits per heavy atom. The van der Waals surface area contributed by atoms with Crippen molar-refractivity contribution < 1.29 is 9.59 Å². The molecule has 7 heteroatoms. The largest absolute Gasteiger partial charge is 0.368 e. The molecule has 1 aromatic heterocycles. The van der Waals surface area contributed by atoms with E-state index in [1.165, 1.54) is 5.56 Å². The quantitative estimate of drug-likeness (QED) is 0.469. The van der Waals surface area contributed by atoms with Crippen LogP contribution in [0.1, 0.15) is 24.8 Å². The fourth-order valence-electron chi connectivity index (χ4n) is 4.73. The molecule has 0 aliphatic carbocycles. The van der Waals surface area contributed by atoms with Gasteiger partial charge in [-0.25, -0.2) is 0 Å². The summed E-state index contributed by atoms with van der Waals surface area (Å²) in [7, 11) is 0. The molecule has 3 aromatic rings. The van der Waals surface area contributed by atoms with E-state index >= 15 is 0 Å². The Hall–Kier alpha value is -3.29. The third-order valence-electron chi connectivity index (χ3n) is 6.46. The summed E-state index contributed by atoms with van der Waals surface area (Å²) in [5, 5.41) is 3.95. The molecule has 0 radical (unpaired) electrons. The number of hydrogen-bond donors (Lipinski definition) is 3. The van der Waals surface area contributed by atoms with Crippen LogP contribution in [0.25, 0.3) is 10.9 Å². The number of aryl methyl sites for hydroxylation is 1. The van der Waals surface area contributed by atoms with Gasteiger partial charge in [-0.15, -0.1) is 0 Å². The first-order chi connectivity index (χ1) is 16.0. The molecule has 7 nitrogen and oxygen atoms in total. The first-order valence-corrected chi connectivity index (χ1v) is 11.5. The molecule has 3 atom stereocenters. The Labute approximate surface area is 194 Å². The van der Waals surface area contributed by atoms with E-state index in [4.69, 9.17) is 11.5 Å². The van der Waals surface area contributed by atoms with Gasteiger partial charge in [0, 0.05) is 24.4 Å². The highest BCUT2D eigenvalue weighted by molar-refractivity contribution is 5.93. The number of carbonyl (C=O) groups excluding carboxylic acids is 2. The van der Waals surface area contributed by atoms with Crippen molar-refractivity contribution in [2.24, 2.45) is 17.4 Å². The summed E-state index contributed by atoms with van der Waals surface area (Å²) in [4.78, 5) is 31.8. The molecule has 1 aliphatic heterocycles. The van der Waals surface area contributed by atoms with E-state index in [2.05, 4.69) is 27.3 Å². The van der Waals surface area contributed by atoms with Gasteiger partial charge in [0.1, 0.15) is 0 Å². The number of nitrogens with zero attached hydrogens (tertiary/aromatic N) is 2. The van der Waals surface area contributed by atoms with Gasteiger partial charge in [-0.2, -0.15) is 0 Å².